The second kappa shape index (κ2) is 8.75. The Morgan fingerprint density at radius 3 is 2.42 bits per heavy atom. The molecule has 0 spiro atoms. The predicted molar refractivity (Wildman–Crippen MR) is 130 cm³/mol. The van der Waals surface area contributed by atoms with Crippen molar-refractivity contribution >= 4 is 22.4 Å². The lowest BCUT2D eigenvalue weighted by molar-refractivity contribution is 0.317. The van der Waals surface area contributed by atoms with Crippen LogP contribution in [0.3, 0.4) is 0 Å². The number of anilines is 2. The smallest absolute Gasteiger partial charge is 0.129 e. The van der Waals surface area contributed by atoms with Crippen LogP contribution in [0.25, 0.3) is 10.9 Å². The summed E-state index contributed by atoms with van der Waals surface area (Å²) >= 11 is 0. The second-order valence-electron chi connectivity index (χ2n) is 9.72. The number of aryl methyl sites for hydroxylation is 1. The molecule has 3 aromatic rings. The quantitative estimate of drug-likeness (QED) is 0.530. The Kier molecular flexibility index (Phi) is 6.05. The zero-order chi connectivity index (χ0) is 22.0. The zero-order valence-electron chi connectivity index (χ0n) is 19.1. The van der Waals surface area contributed by atoms with E-state index < -0.39 is 0 Å². The van der Waals surface area contributed by atoms with Gasteiger partial charge >= 0.3 is 0 Å². The lowest BCUT2D eigenvalue weighted by Crippen LogP contribution is -2.49. The number of phenols is 1. The summed E-state index contributed by atoms with van der Waals surface area (Å²) in [7, 11) is 0. The summed E-state index contributed by atoms with van der Waals surface area (Å²) in [6.45, 7) is 11.5. The highest BCUT2D eigenvalue weighted by Crippen LogP contribution is 2.33. The second-order valence-corrected chi connectivity index (χ2v) is 9.72. The molecule has 1 aromatic heterocycles. The van der Waals surface area contributed by atoms with E-state index in [9.17, 15) is 5.11 Å². The number of pyridine rings is 1. The first-order valence-corrected chi connectivity index (χ1v) is 11.2. The van der Waals surface area contributed by atoms with Gasteiger partial charge in [0.15, 0.2) is 0 Å². The van der Waals surface area contributed by atoms with Gasteiger partial charge in [-0.25, -0.2) is 4.98 Å². The van der Waals surface area contributed by atoms with Gasteiger partial charge in [0.1, 0.15) is 11.6 Å². The molecule has 0 aliphatic carbocycles. The Morgan fingerprint density at radius 1 is 1.03 bits per heavy atom. The minimum Gasteiger partial charge on any atom is -0.508 e. The van der Waals surface area contributed by atoms with Gasteiger partial charge < -0.3 is 20.6 Å². The number of phenolic OH excluding ortho intramolecular Hbond substituents is 1. The molecule has 0 atom stereocenters. The number of hydrogen-bond acceptors (Lipinski definition) is 5. The third-order valence-electron chi connectivity index (χ3n) is 5.84. The first-order valence-electron chi connectivity index (χ1n) is 11.2. The van der Waals surface area contributed by atoms with Gasteiger partial charge in [0.25, 0.3) is 0 Å². The summed E-state index contributed by atoms with van der Waals surface area (Å²) in [5.74, 6) is 1.08. The molecule has 0 unspecified atom stereocenters. The Balaban J connectivity index is 1.56. The van der Waals surface area contributed by atoms with Crippen molar-refractivity contribution in [3.8, 4) is 5.75 Å². The highest BCUT2D eigenvalue weighted by atomic mass is 16.3. The van der Waals surface area contributed by atoms with E-state index in [-0.39, 0.29) is 11.3 Å². The van der Waals surface area contributed by atoms with Gasteiger partial charge in [0, 0.05) is 54.4 Å². The van der Waals surface area contributed by atoms with Crippen LogP contribution in [0.2, 0.25) is 0 Å². The molecule has 0 bridgehead atoms. The van der Waals surface area contributed by atoms with Gasteiger partial charge in [-0.2, -0.15) is 0 Å². The third-order valence-corrected chi connectivity index (χ3v) is 5.84. The SMILES string of the molecule is Cc1ccc(CNc2cc(N3CCC(NC(C)(C)C)CC3)c3ccc(O)cc3n2)cc1. The minimum absolute atomic E-state index is 0.140. The lowest BCUT2D eigenvalue weighted by atomic mass is 9.99. The van der Waals surface area contributed by atoms with Crippen LogP contribution >= 0.6 is 0 Å². The maximum absolute atomic E-state index is 10.0. The number of piperidine rings is 1. The number of nitrogens with zero attached hydrogens (tertiary/aromatic N) is 2. The van der Waals surface area contributed by atoms with Crippen LogP contribution in [0.15, 0.2) is 48.5 Å². The third kappa shape index (κ3) is 5.47. The van der Waals surface area contributed by atoms with Crippen molar-refractivity contribution in [1.82, 2.24) is 10.3 Å². The molecule has 1 saturated heterocycles. The minimum atomic E-state index is 0.140. The fraction of sp³-hybridized carbons (Fsp3) is 0.423. The largest absolute Gasteiger partial charge is 0.508 e. The monoisotopic (exact) mass is 418 g/mol. The van der Waals surface area contributed by atoms with Gasteiger partial charge in [-0.3, -0.25) is 0 Å². The van der Waals surface area contributed by atoms with Crippen LogP contribution in [0.1, 0.15) is 44.7 Å². The van der Waals surface area contributed by atoms with Crippen molar-refractivity contribution in [1.29, 1.82) is 0 Å². The summed E-state index contributed by atoms with van der Waals surface area (Å²) in [5.41, 5.74) is 4.62. The van der Waals surface area contributed by atoms with Crippen molar-refractivity contribution in [2.75, 3.05) is 23.3 Å². The molecule has 1 fully saturated rings. The number of rotatable bonds is 5. The highest BCUT2D eigenvalue weighted by Gasteiger charge is 2.24. The maximum atomic E-state index is 10.0. The van der Waals surface area contributed by atoms with Gasteiger partial charge in [0.2, 0.25) is 0 Å². The van der Waals surface area contributed by atoms with E-state index in [0.29, 0.717) is 12.6 Å². The fourth-order valence-electron chi connectivity index (χ4n) is 4.33. The van der Waals surface area contributed by atoms with Crippen LogP contribution in [-0.4, -0.2) is 34.8 Å². The number of aromatic nitrogens is 1. The molecule has 3 N–H and O–H groups in total. The summed E-state index contributed by atoms with van der Waals surface area (Å²) in [6, 6.07) is 16.7. The molecular formula is C26H34N4O. The van der Waals surface area contributed by atoms with Crippen LogP contribution in [0.4, 0.5) is 11.5 Å². The van der Waals surface area contributed by atoms with Gasteiger partial charge in [0.05, 0.1) is 5.52 Å². The molecule has 2 aromatic carbocycles. The number of aromatic hydroxyl groups is 1. The van der Waals surface area contributed by atoms with Crippen LogP contribution < -0.4 is 15.5 Å². The van der Waals surface area contributed by atoms with Gasteiger partial charge in [-0.05, 0) is 58.2 Å². The Hall–Kier alpha value is -2.79. The molecule has 5 heteroatoms. The molecule has 1 aliphatic rings. The summed E-state index contributed by atoms with van der Waals surface area (Å²) in [6.07, 6.45) is 2.23. The molecular weight excluding hydrogens is 384 g/mol. The van der Waals surface area contributed by atoms with E-state index in [4.69, 9.17) is 4.98 Å². The lowest BCUT2D eigenvalue weighted by Gasteiger charge is -2.37. The van der Waals surface area contributed by atoms with Gasteiger partial charge in [-0.15, -0.1) is 0 Å². The molecule has 1 aliphatic heterocycles. The Labute approximate surface area is 185 Å². The molecule has 31 heavy (non-hydrogen) atoms. The molecule has 164 valence electrons. The Bertz CT molecular complexity index is 1030. The van der Waals surface area contributed by atoms with Crippen LogP contribution in [0.5, 0.6) is 5.75 Å². The molecule has 0 saturated carbocycles. The van der Waals surface area contributed by atoms with Crippen molar-refractivity contribution in [2.45, 2.75) is 58.7 Å². The standard InChI is InChI=1S/C26H34N4O/c1-18-5-7-19(8-6-18)17-27-25-16-24(22-10-9-21(31)15-23(22)28-25)30-13-11-20(12-14-30)29-26(2,3)4/h5-10,15-16,20,29,31H,11-14,17H2,1-4H3,(H,27,28). The normalized spacial score (nSPS) is 15.4. The van der Waals surface area contributed by atoms with E-state index in [2.05, 4.69) is 73.6 Å². The average molecular weight is 419 g/mol. The molecule has 4 rings (SSSR count). The summed E-state index contributed by atoms with van der Waals surface area (Å²) in [4.78, 5) is 7.23. The first-order chi connectivity index (χ1) is 14.8. The summed E-state index contributed by atoms with van der Waals surface area (Å²) < 4.78 is 0. The number of nitrogens with one attached hydrogen (secondary N) is 2. The molecule has 0 amide bonds. The topological polar surface area (TPSA) is 60.4 Å². The van der Waals surface area contributed by atoms with E-state index in [1.54, 1.807) is 12.1 Å². The number of benzene rings is 2. The zero-order valence-corrected chi connectivity index (χ0v) is 19.1. The highest BCUT2D eigenvalue weighted by molar-refractivity contribution is 5.94. The van der Waals surface area contributed by atoms with Gasteiger partial charge in [-0.1, -0.05) is 29.8 Å². The maximum Gasteiger partial charge on any atom is 0.129 e. The fourth-order valence-corrected chi connectivity index (χ4v) is 4.33. The number of fused-ring (bicyclic) bond motifs is 1. The van der Waals surface area contributed by atoms with E-state index >= 15 is 0 Å². The predicted octanol–water partition coefficient (Wildman–Crippen LogP) is 5.22. The van der Waals surface area contributed by atoms with E-state index in [1.807, 2.05) is 6.07 Å². The van der Waals surface area contributed by atoms with E-state index in [0.717, 1.165) is 42.7 Å². The molecule has 0 radical (unpaired) electrons. The van der Waals surface area contributed by atoms with E-state index in [1.165, 1.54) is 16.8 Å². The van der Waals surface area contributed by atoms with Crippen LogP contribution in [-0.2, 0) is 6.54 Å². The van der Waals surface area contributed by atoms with Crippen molar-refractivity contribution in [3.63, 3.8) is 0 Å². The Morgan fingerprint density at radius 2 is 1.74 bits per heavy atom. The average Bonchev–Trinajstić information content (AvgIpc) is 2.72. The first kappa shape index (κ1) is 21.4. The molecule has 5 nitrogen and oxygen atoms in total. The number of hydrogen-bond donors (Lipinski definition) is 3. The van der Waals surface area contributed by atoms with Crippen LogP contribution in [0, 0.1) is 6.92 Å². The summed E-state index contributed by atoms with van der Waals surface area (Å²) in [5, 5.41) is 18.3. The van der Waals surface area contributed by atoms with Crippen molar-refractivity contribution in [3.05, 3.63) is 59.7 Å². The van der Waals surface area contributed by atoms with Crippen molar-refractivity contribution in [2.24, 2.45) is 0 Å². The van der Waals surface area contributed by atoms with Crippen molar-refractivity contribution < 1.29 is 5.11 Å². The molecule has 2 heterocycles.